The normalized spacial score (nSPS) is 27.0. The van der Waals surface area contributed by atoms with Gasteiger partial charge in [-0.15, -0.1) is 0 Å². The first-order valence-electron chi connectivity index (χ1n) is 11.6. The van der Waals surface area contributed by atoms with Crippen LogP contribution in [0.25, 0.3) is 21.9 Å². The van der Waals surface area contributed by atoms with Gasteiger partial charge in [-0.3, -0.25) is 9.59 Å². The smallest absolute Gasteiger partial charge is 0.270 e. The zero-order valence-electron chi connectivity index (χ0n) is 18.6. The fourth-order valence-corrected chi connectivity index (χ4v) is 6.39. The Labute approximate surface area is 199 Å². The zero-order valence-corrected chi connectivity index (χ0v) is 18.6. The molecule has 3 N–H and O–H groups in total. The molecular weight excluding hydrogens is 446 g/mol. The molecule has 0 bridgehead atoms. The van der Waals surface area contributed by atoms with Gasteiger partial charge in [0.1, 0.15) is 16.7 Å². The van der Waals surface area contributed by atoms with Crippen molar-refractivity contribution in [2.75, 3.05) is 26.2 Å². The minimum Gasteiger partial charge on any atom is -0.387 e. The Hall–Kier alpha value is -4.23. The van der Waals surface area contributed by atoms with Gasteiger partial charge in [0, 0.05) is 47.9 Å². The molecule has 2 amide bonds. The number of amides is 2. The average molecular weight is 467 g/mol. The Bertz CT molecular complexity index is 1580. The summed E-state index contributed by atoms with van der Waals surface area (Å²) in [6.45, 7) is 1.75. The highest BCUT2D eigenvalue weighted by Gasteiger charge is 2.68. The van der Waals surface area contributed by atoms with E-state index in [1.54, 1.807) is 47.4 Å². The second-order valence-corrected chi connectivity index (χ2v) is 9.89. The van der Waals surface area contributed by atoms with Gasteiger partial charge in [-0.25, -0.2) is 0 Å². The number of rotatable bonds is 2. The number of aliphatic hydroxyl groups is 1. The van der Waals surface area contributed by atoms with E-state index in [0.717, 1.165) is 10.9 Å². The van der Waals surface area contributed by atoms with Crippen molar-refractivity contribution < 1.29 is 14.7 Å². The molecule has 2 aliphatic heterocycles. The molecule has 2 unspecified atom stereocenters. The molecule has 2 aromatic carbocycles. The summed E-state index contributed by atoms with van der Waals surface area (Å²) in [5.41, 5.74) is 2.71. The van der Waals surface area contributed by atoms with Crippen LogP contribution in [0.3, 0.4) is 0 Å². The summed E-state index contributed by atoms with van der Waals surface area (Å²) in [4.78, 5) is 33.0. The van der Waals surface area contributed by atoms with Crippen molar-refractivity contribution in [2.45, 2.75) is 5.60 Å². The van der Waals surface area contributed by atoms with E-state index in [2.05, 4.69) is 26.5 Å². The number of carbonyl (C=O) groups excluding carboxylic acids is 2. The molecule has 7 rings (SSSR count). The largest absolute Gasteiger partial charge is 0.387 e. The van der Waals surface area contributed by atoms with Crippen LogP contribution < -0.4 is 0 Å². The topological polar surface area (TPSA) is 142 Å². The van der Waals surface area contributed by atoms with Crippen LogP contribution >= 0.6 is 0 Å². The molecule has 4 heterocycles. The number of carbonyl (C=O) groups is 2. The fraction of sp³-hybridized carbons (Fsp3) is 0.320. The number of β-amino-alcohol motifs (C(OH)–C–C–N with tert-alkyl or cyclic N) is 1. The molecule has 3 fully saturated rings. The zero-order chi connectivity index (χ0) is 23.9. The van der Waals surface area contributed by atoms with Crippen molar-refractivity contribution in [1.29, 1.82) is 5.26 Å². The SMILES string of the molecule is N#Cc1ccc2[nH]c(C(=O)N3CC4[C@H]5CN(C(=O)c6ccc7n[nH]nc7c6)C[C@H]5C4(O)C3)cc2c1. The van der Waals surface area contributed by atoms with Crippen LogP contribution in [0.4, 0.5) is 0 Å². The maximum absolute atomic E-state index is 13.2. The minimum atomic E-state index is -0.981. The van der Waals surface area contributed by atoms with Gasteiger partial charge in [0.2, 0.25) is 0 Å². The lowest BCUT2D eigenvalue weighted by atomic mass is 9.56. The summed E-state index contributed by atoms with van der Waals surface area (Å²) in [6.07, 6.45) is 0. The maximum atomic E-state index is 13.2. The Kier molecular flexibility index (Phi) is 3.97. The van der Waals surface area contributed by atoms with Crippen LogP contribution in [0.5, 0.6) is 0 Å². The number of likely N-dealkylation sites (tertiary alicyclic amines) is 2. The predicted octanol–water partition coefficient (Wildman–Crippen LogP) is 1.52. The van der Waals surface area contributed by atoms with Crippen LogP contribution in [0.15, 0.2) is 42.5 Å². The van der Waals surface area contributed by atoms with E-state index in [4.69, 9.17) is 5.26 Å². The molecule has 4 aromatic rings. The molecule has 2 saturated heterocycles. The first-order chi connectivity index (χ1) is 16.9. The molecule has 0 radical (unpaired) electrons. The number of H-pyrrole nitrogens is 2. The van der Waals surface area contributed by atoms with Crippen LogP contribution in [0.2, 0.25) is 0 Å². The van der Waals surface area contributed by atoms with E-state index >= 15 is 0 Å². The van der Waals surface area contributed by atoms with E-state index in [0.29, 0.717) is 47.5 Å². The summed E-state index contributed by atoms with van der Waals surface area (Å²) in [5.74, 6) is -0.172. The number of hydrogen-bond donors (Lipinski definition) is 3. The van der Waals surface area contributed by atoms with E-state index in [1.807, 2.05) is 4.90 Å². The van der Waals surface area contributed by atoms with E-state index in [-0.39, 0.29) is 36.1 Å². The van der Waals surface area contributed by atoms with Crippen molar-refractivity contribution in [3.8, 4) is 6.07 Å². The molecule has 10 heteroatoms. The number of nitriles is 1. The molecule has 4 atom stereocenters. The third-order valence-electron chi connectivity index (χ3n) is 8.15. The van der Waals surface area contributed by atoms with Crippen LogP contribution in [-0.4, -0.2) is 78.9 Å². The number of nitrogens with one attached hydrogen (secondary N) is 2. The van der Waals surface area contributed by atoms with Gasteiger partial charge in [-0.2, -0.15) is 20.7 Å². The van der Waals surface area contributed by atoms with Gasteiger partial charge in [0.05, 0.1) is 23.8 Å². The Morgan fingerprint density at radius 1 is 1.00 bits per heavy atom. The Morgan fingerprint density at radius 2 is 1.80 bits per heavy atom. The first-order valence-corrected chi connectivity index (χ1v) is 11.6. The highest BCUT2D eigenvalue weighted by molar-refractivity contribution is 5.99. The quantitative estimate of drug-likeness (QED) is 0.408. The molecule has 174 valence electrons. The molecule has 1 aliphatic carbocycles. The second-order valence-electron chi connectivity index (χ2n) is 9.89. The van der Waals surface area contributed by atoms with Gasteiger partial charge in [0.15, 0.2) is 0 Å². The third-order valence-corrected chi connectivity index (χ3v) is 8.15. The van der Waals surface area contributed by atoms with E-state index in [9.17, 15) is 14.7 Å². The highest BCUT2D eigenvalue weighted by atomic mass is 16.3. The van der Waals surface area contributed by atoms with Crippen molar-refractivity contribution >= 4 is 33.8 Å². The molecule has 35 heavy (non-hydrogen) atoms. The summed E-state index contributed by atoms with van der Waals surface area (Å²) < 4.78 is 0. The molecule has 10 nitrogen and oxygen atoms in total. The molecular formula is C25H21N7O3. The van der Waals surface area contributed by atoms with Crippen molar-refractivity contribution in [2.24, 2.45) is 17.8 Å². The minimum absolute atomic E-state index is 0.0501. The molecule has 3 aliphatic rings. The van der Waals surface area contributed by atoms with Crippen LogP contribution in [0.1, 0.15) is 26.4 Å². The van der Waals surface area contributed by atoms with Crippen molar-refractivity contribution in [1.82, 2.24) is 30.2 Å². The van der Waals surface area contributed by atoms with E-state index in [1.165, 1.54) is 0 Å². The number of fused-ring (bicyclic) bond motifs is 6. The fourth-order valence-electron chi connectivity index (χ4n) is 6.39. The van der Waals surface area contributed by atoms with Gasteiger partial charge in [-0.1, -0.05) is 0 Å². The van der Waals surface area contributed by atoms with Crippen LogP contribution in [0, 0.1) is 29.1 Å². The van der Waals surface area contributed by atoms with Gasteiger partial charge in [-0.05, 0) is 48.4 Å². The molecule has 2 aromatic heterocycles. The summed E-state index contributed by atoms with van der Waals surface area (Å²) in [7, 11) is 0. The lowest BCUT2D eigenvalue weighted by Crippen LogP contribution is -2.61. The first kappa shape index (κ1) is 20.2. The predicted molar refractivity (Wildman–Crippen MR) is 124 cm³/mol. The lowest BCUT2D eigenvalue weighted by Gasteiger charge is -2.50. The summed E-state index contributed by atoms with van der Waals surface area (Å²) >= 11 is 0. The standard InChI is InChI=1S/C25H21N7O3/c26-8-13-1-3-19-15(5-13)7-22(27-19)24(34)32-11-18-16-9-31(10-17(16)25(18,35)12-32)23(33)14-2-4-20-21(6-14)29-30-28-20/h1-7,16-18,27,35H,9-12H2,(H,28,29,30)/t16-,17+,18?,25?/m0/s1. The highest BCUT2D eigenvalue weighted by Crippen LogP contribution is 2.57. The summed E-state index contributed by atoms with van der Waals surface area (Å²) in [5, 5.41) is 32.0. The monoisotopic (exact) mass is 467 g/mol. The summed E-state index contributed by atoms with van der Waals surface area (Å²) in [6, 6.07) is 14.4. The molecule has 1 saturated carbocycles. The lowest BCUT2D eigenvalue weighted by molar-refractivity contribution is -0.145. The third kappa shape index (κ3) is 2.79. The second kappa shape index (κ2) is 6.90. The van der Waals surface area contributed by atoms with Crippen molar-refractivity contribution in [3.05, 3.63) is 59.3 Å². The number of benzene rings is 2. The Balaban J connectivity index is 1.07. The van der Waals surface area contributed by atoms with E-state index < -0.39 is 5.60 Å². The molecule has 0 spiro atoms. The maximum Gasteiger partial charge on any atom is 0.270 e. The number of aromatic nitrogens is 4. The van der Waals surface area contributed by atoms with Gasteiger partial charge >= 0.3 is 0 Å². The van der Waals surface area contributed by atoms with Gasteiger partial charge in [0.25, 0.3) is 11.8 Å². The average Bonchev–Trinajstić information content (AvgIpc) is 3.64. The van der Waals surface area contributed by atoms with Crippen LogP contribution in [-0.2, 0) is 0 Å². The number of hydrogen-bond acceptors (Lipinski definition) is 6. The van der Waals surface area contributed by atoms with Crippen molar-refractivity contribution in [3.63, 3.8) is 0 Å². The number of nitrogens with zero attached hydrogens (tertiary/aromatic N) is 5. The number of aromatic amines is 2. The Morgan fingerprint density at radius 3 is 2.63 bits per heavy atom. The van der Waals surface area contributed by atoms with Gasteiger partial charge < -0.3 is 19.9 Å².